The Labute approximate surface area is 124 Å². The molecule has 0 bridgehead atoms. The molecule has 0 atom stereocenters. The minimum Gasteiger partial charge on any atom is -0.356 e. The molecule has 1 amide bonds. The van der Waals surface area contributed by atoms with Gasteiger partial charge in [0.1, 0.15) is 0 Å². The second-order valence-electron chi connectivity index (χ2n) is 5.65. The van der Waals surface area contributed by atoms with Gasteiger partial charge in [-0.25, -0.2) is 0 Å². The largest absolute Gasteiger partial charge is 0.356 e. The van der Waals surface area contributed by atoms with Gasteiger partial charge in [-0.1, -0.05) is 13.8 Å². The van der Waals surface area contributed by atoms with Crippen LogP contribution in [0.2, 0.25) is 0 Å². The standard InChI is InChI=1S/C15H34N4O/c1-14(2)13-15(20)19-12-6-11-18-9-4-3-8-17-10-5-7-16/h14,17-18H,3-13,16H2,1-2H3,(H,19,20). The van der Waals surface area contributed by atoms with Crippen molar-refractivity contribution in [3.05, 3.63) is 0 Å². The average molecular weight is 286 g/mol. The van der Waals surface area contributed by atoms with Crippen LogP contribution in [0.3, 0.4) is 0 Å². The van der Waals surface area contributed by atoms with Crippen molar-refractivity contribution in [3.8, 4) is 0 Å². The van der Waals surface area contributed by atoms with E-state index in [1.165, 1.54) is 12.8 Å². The maximum absolute atomic E-state index is 11.4. The smallest absolute Gasteiger partial charge is 0.220 e. The van der Waals surface area contributed by atoms with E-state index in [0.717, 1.165) is 52.1 Å². The average Bonchev–Trinajstić information content (AvgIpc) is 2.39. The zero-order chi connectivity index (χ0) is 15.1. The highest BCUT2D eigenvalue weighted by Gasteiger charge is 2.02. The van der Waals surface area contributed by atoms with Crippen LogP contribution in [-0.2, 0) is 4.79 Å². The topological polar surface area (TPSA) is 79.2 Å². The third kappa shape index (κ3) is 15.4. The molecule has 0 radical (unpaired) electrons. The SMILES string of the molecule is CC(C)CC(=O)NCCCNCCCCNCCCN. The van der Waals surface area contributed by atoms with Gasteiger partial charge in [-0.3, -0.25) is 4.79 Å². The molecular weight excluding hydrogens is 252 g/mol. The maximum atomic E-state index is 11.4. The molecule has 5 heteroatoms. The number of hydrogen-bond donors (Lipinski definition) is 4. The third-order valence-electron chi connectivity index (χ3n) is 2.96. The summed E-state index contributed by atoms with van der Waals surface area (Å²) in [5.74, 6) is 0.607. The lowest BCUT2D eigenvalue weighted by Crippen LogP contribution is -2.28. The summed E-state index contributed by atoms with van der Waals surface area (Å²) < 4.78 is 0. The summed E-state index contributed by atoms with van der Waals surface area (Å²) in [6, 6.07) is 0. The van der Waals surface area contributed by atoms with Gasteiger partial charge >= 0.3 is 0 Å². The summed E-state index contributed by atoms with van der Waals surface area (Å²) in [5, 5.41) is 9.72. The van der Waals surface area contributed by atoms with Crippen LogP contribution < -0.4 is 21.7 Å². The summed E-state index contributed by atoms with van der Waals surface area (Å²) >= 11 is 0. The van der Waals surface area contributed by atoms with Crippen molar-refractivity contribution in [1.29, 1.82) is 0 Å². The van der Waals surface area contributed by atoms with Crippen molar-refractivity contribution in [2.45, 2.75) is 46.0 Å². The van der Waals surface area contributed by atoms with Gasteiger partial charge in [0.05, 0.1) is 0 Å². The lowest BCUT2D eigenvalue weighted by atomic mass is 10.1. The quantitative estimate of drug-likeness (QED) is 0.357. The van der Waals surface area contributed by atoms with E-state index in [-0.39, 0.29) is 5.91 Å². The molecule has 0 aliphatic rings. The van der Waals surface area contributed by atoms with E-state index < -0.39 is 0 Å². The Balaban J connectivity index is 3.08. The van der Waals surface area contributed by atoms with Crippen LogP contribution in [0.25, 0.3) is 0 Å². The van der Waals surface area contributed by atoms with Crippen molar-refractivity contribution in [2.24, 2.45) is 11.7 Å². The van der Waals surface area contributed by atoms with Crippen LogP contribution in [-0.4, -0.2) is 45.2 Å². The highest BCUT2D eigenvalue weighted by molar-refractivity contribution is 5.75. The number of amides is 1. The van der Waals surface area contributed by atoms with Gasteiger partial charge in [-0.05, 0) is 64.3 Å². The predicted molar refractivity (Wildman–Crippen MR) is 85.7 cm³/mol. The highest BCUT2D eigenvalue weighted by atomic mass is 16.1. The lowest BCUT2D eigenvalue weighted by molar-refractivity contribution is -0.121. The molecule has 5 N–H and O–H groups in total. The molecule has 0 fully saturated rings. The van der Waals surface area contributed by atoms with E-state index in [0.29, 0.717) is 12.3 Å². The number of carbonyl (C=O) groups excluding carboxylic acids is 1. The van der Waals surface area contributed by atoms with Crippen molar-refractivity contribution >= 4 is 5.91 Å². The van der Waals surface area contributed by atoms with Gasteiger partial charge in [0, 0.05) is 13.0 Å². The monoisotopic (exact) mass is 286 g/mol. The Hall–Kier alpha value is -0.650. The van der Waals surface area contributed by atoms with Crippen LogP contribution in [0, 0.1) is 5.92 Å². The molecule has 0 aromatic heterocycles. The summed E-state index contributed by atoms with van der Waals surface area (Å²) in [5.41, 5.74) is 5.41. The first-order chi connectivity index (χ1) is 9.66. The van der Waals surface area contributed by atoms with Crippen molar-refractivity contribution in [1.82, 2.24) is 16.0 Å². The molecule has 120 valence electrons. The zero-order valence-corrected chi connectivity index (χ0v) is 13.3. The number of unbranched alkanes of at least 4 members (excludes halogenated alkanes) is 1. The van der Waals surface area contributed by atoms with Gasteiger partial charge in [0.25, 0.3) is 0 Å². The molecule has 0 unspecified atom stereocenters. The normalized spacial score (nSPS) is 11.0. The van der Waals surface area contributed by atoms with Crippen molar-refractivity contribution in [3.63, 3.8) is 0 Å². The molecule has 0 rings (SSSR count). The summed E-state index contributed by atoms with van der Waals surface area (Å²) in [7, 11) is 0. The summed E-state index contributed by atoms with van der Waals surface area (Å²) in [6.45, 7) is 9.80. The van der Waals surface area contributed by atoms with Crippen LogP contribution in [0.15, 0.2) is 0 Å². The molecular formula is C15H34N4O. The van der Waals surface area contributed by atoms with Crippen LogP contribution in [0.4, 0.5) is 0 Å². The van der Waals surface area contributed by atoms with Gasteiger partial charge in [0.2, 0.25) is 5.91 Å². The fraction of sp³-hybridized carbons (Fsp3) is 0.933. The van der Waals surface area contributed by atoms with E-state index in [1.54, 1.807) is 0 Å². The molecule has 20 heavy (non-hydrogen) atoms. The van der Waals surface area contributed by atoms with Gasteiger partial charge in [-0.15, -0.1) is 0 Å². The molecule has 0 heterocycles. The maximum Gasteiger partial charge on any atom is 0.220 e. The fourth-order valence-electron chi connectivity index (χ4n) is 1.86. The van der Waals surface area contributed by atoms with Crippen LogP contribution >= 0.6 is 0 Å². The second kappa shape index (κ2) is 14.8. The molecule has 0 aliphatic heterocycles. The molecule has 0 saturated carbocycles. The molecule has 5 nitrogen and oxygen atoms in total. The molecule has 0 aromatic carbocycles. The molecule has 0 saturated heterocycles. The highest BCUT2D eigenvalue weighted by Crippen LogP contribution is 1.97. The molecule has 0 aliphatic carbocycles. The summed E-state index contributed by atoms with van der Waals surface area (Å²) in [4.78, 5) is 11.4. The minimum atomic E-state index is 0.170. The Morgan fingerprint density at radius 2 is 1.45 bits per heavy atom. The van der Waals surface area contributed by atoms with Gasteiger partial charge in [0.15, 0.2) is 0 Å². The Morgan fingerprint density at radius 3 is 2.00 bits per heavy atom. The number of hydrogen-bond acceptors (Lipinski definition) is 4. The lowest BCUT2D eigenvalue weighted by Gasteiger charge is -2.08. The number of nitrogens with one attached hydrogen (secondary N) is 3. The Bertz CT molecular complexity index is 222. The van der Waals surface area contributed by atoms with Crippen LogP contribution in [0.5, 0.6) is 0 Å². The van der Waals surface area contributed by atoms with E-state index >= 15 is 0 Å². The fourth-order valence-corrected chi connectivity index (χ4v) is 1.86. The first kappa shape index (κ1) is 19.4. The van der Waals surface area contributed by atoms with Crippen molar-refractivity contribution in [2.75, 3.05) is 39.3 Å². The second-order valence-corrected chi connectivity index (χ2v) is 5.65. The summed E-state index contributed by atoms with van der Waals surface area (Å²) in [6.07, 6.45) is 5.07. The van der Waals surface area contributed by atoms with E-state index in [4.69, 9.17) is 5.73 Å². The van der Waals surface area contributed by atoms with E-state index in [2.05, 4.69) is 29.8 Å². The first-order valence-corrected chi connectivity index (χ1v) is 8.05. The molecule has 0 aromatic rings. The first-order valence-electron chi connectivity index (χ1n) is 8.05. The minimum absolute atomic E-state index is 0.170. The Morgan fingerprint density at radius 1 is 0.900 bits per heavy atom. The number of nitrogens with two attached hydrogens (primary N) is 1. The number of rotatable bonds is 14. The zero-order valence-electron chi connectivity index (χ0n) is 13.3. The van der Waals surface area contributed by atoms with E-state index in [9.17, 15) is 4.79 Å². The number of carbonyl (C=O) groups is 1. The van der Waals surface area contributed by atoms with Gasteiger partial charge in [-0.2, -0.15) is 0 Å². The van der Waals surface area contributed by atoms with Gasteiger partial charge < -0.3 is 21.7 Å². The molecule has 0 spiro atoms. The van der Waals surface area contributed by atoms with Crippen molar-refractivity contribution < 1.29 is 4.79 Å². The van der Waals surface area contributed by atoms with E-state index in [1.807, 2.05) is 0 Å². The Kier molecular flexibility index (Phi) is 14.3. The third-order valence-corrected chi connectivity index (χ3v) is 2.96. The predicted octanol–water partition coefficient (Wildman–Crippen LogP) is 0.847. The van der Waals surface area contributed by atoms with Crippen LogP contribution in [0.1, 0.15) is 46.0 Å².